The molecule has 35 heavy (non-hydrogen) atoms. The number of imide groups is 1. The predicted octanol–water partition coefficient (Wildman–Crippen LogP) is 5.68. The number of aromatic nitrogens is 2. The number of para-hydroxylation sites is 1. The Balaban J connectivity index is 1.47. The number of carbonyl (C=O) groups is 2. The van der Waals surface area contributed by atoms with Crippen molar-refractivity contribution in [3.05, 3.63) is 117 Å². The number of non-ortho nitro benzene ring substituents is 1. The lowest BCUT2D eigenvalue weighted by molar-refractivity contribution is -0.384. The molecule has 0 N–H and O–H groups in total. The zero-order valence-electron chi connectivity index (χ0n) is 18.3. The fraction of sp³-hybridized carbons (Fsp3) is 0.0385. The minimum Gasteiger partial charge on any atom is -0.268 e. The number of nitro groups is 1. The topological polar surface area (TPSA) is 98.3 Å². The third-order valence-electron chi connectivity index (χ3n) is 5.46. The molecule has 1 saturated heterocycles. The Morgan fingerprint density at radius 2 is 1.57 bits per heavy atom. The number of nitrogens with zero attached hydrogens (tertiary/aromatic N) is 4. The average molecular weight is 483 g/mol. The first kappa shape index (κ1) is 22.3. The van der Waals surface area contributed by atoms with Gasteiger partial charge in [0.2, 0.25) is 0 Å². The molecule has 8 nitrogen and oxygen atoms in total. The standard InChI is InChI=1S/C26H18N4O4S/c31-25-23(35-26(32)28(25)16-18-11-13-22(14-12-18)30(33)34)15-20-17-29(21-9-5-2-6-10-21)27-24(20)19-7-3-1-4-8-19/h1-15,17H,16H2/b23-15-. The largest absolute Gasteiger partial charge is 0.293 e. The predicted molar refractivity (Wildman–Crippen MR) is 134 cm³/mol. The minimum absolute atomic E-state index is 0.0365. The zero-order valence-corrected chi connectivity index (χ0v) is 19.1. The van der Waals surface area contributed by atoms with Gasteiger partial charge in [0.05, 0.1) is 27.8 Å². The molecule has 1 aliphatic rings. The van der Waals surface area contributed by atoms with Crippen LogP contribution in [0.3, 0.4) is 0 Å². The average Bonchev–Trinajstić information content (AvgIpc) is 3.42. The van der Waals surface area contributed by atoms with Gasteiger partial charge >= 0.3 is 0 Å². The molecule has 9 heteroatoms. The Labute approximate surface area is 204 Å². The van der Waals surface area contributed by atoms with Crippen molar-refractivity contribution in [3.63, 3.8) is 0 Å². The van der Waals surface area contributed by atoms with Gasteiger partial charge in [0.15, 0.2) is 0 Å². The monoisotopic (exact) mass is 482 g/mol. The molecular formula is C26H18N4O4S. The lowest BCUT2D eigenvalue weighted by Gasteiger charge is -2.12. The van der Waals surface area contributed by atoms with Crippen LogP contribution in [0, 0.1) is 10.1 Å². The molecule has 3 aromatic carbocycles. The third kappa shape index (κ3) is 4.62. The van der Waals surface area contributed by atoms with Gasteiger partial charge in [-0.3, -0.25) is 24.6 Å². The van der Waals surface area contributed by atoms with E-state index in [9.17, 15) is 19.7 Å². The van der Waals surface area contributed by atoms with Gasteiger partial charge in [-0.1, -0.05) is 60.7 Å². The van der Waals surface area contributed by atoms with E-state index in [1.807, 2.05) is 66.9 Å². The number of hydrogen-bond acceptors (Lipinski definition) is 6. The molecule has 2 heterocycles. The van der Waals surface area contributed by atoms with Gasteiger partial charge in [-0.25, -0.2) is 4.68 Å². The molecule has 5 rings (SSSR count). The lowest BCUT2D eigenvalue weighted by Crippen LogP contribution is -2.27. The number of benzene rings is 3. The smallest absolute Gasteiger partial charge is 0.268 e. The van der Waals surface area contributed by atoms with Crippen molar-refractivity contribution in [2.75, 3.05) is 0 Å². The van der Waals surface area contributed by atoms with Gasteiger partial charge in [0.1, 0.15) is 0 Å². The first-order valence-corrected chi connectivity index (χ1v) is 11.5. The molecule has 0 radical (unpaired) electrons. The molecule has 172 valence electrons. The van der Waals surface area contributed by atoms with Gasteiger partial charge in [0.25, 0.3) is 16.8 Å². The van der Waals surface area contributed by atoms with Crippen molar-refractivity contribution in [1.82, 2.24) is 14.7 Å². The Morgan fingerprint density at radius 1 is 0.914 bits per heavy atom. The summed E-state index contributed by atoms with van der Waals surface area (Å²) >= 11 is 0.866. The van der Waals surface area contributed by atoms with E-state index in [4.69, 9.17) is 5.10 Å². The van der Waals surface area contributed by atoms with Gasteiger partial charge in [0, 0.05) is 29.5 Å². The van der Waals surface area contributed by atoms with Crippen LogP contribution in [0.1, 0.15) is 11.1 Å². The van der Waals surface area contributed by atoms with Crippen molar-refractivity contribution in [2.24, 2.45) is 0 Å². The molecule has 1 fully saturated rings. The van der Waals surface area contributed by atoms with E-state index >= 15 is 0 Å². The second-order valence-electron chi connectivity index (χ2n) is 7.77. The highest BCUT2D eigenvalue weighted by atomic mass is 32.2. The van der Waals surface area contributed by atoms with Crippen molar-refractivity contribution in [1.29, 1.82) is 0 Å². The van der Waals surface area contributed by atoms with E-state index in [0.717, 1.165) is 27.9 Å². The number of amides is 2. The highest BCUT2D eigenvalue weighted by molar-refractivity contribution is 8.18. The molecule has 0 atom stereocenters. The summed E-state index contributed by atoms with van der Waals surface area (Å²) in [6, 6.07) is 25.1. The molecule has 0 spiro atoms. The SMILES string of the molecule is O=C1S/C(=C\c2cn(-c3ccccc3)nc2-c2ccccc2)C(=O)N1Cc1ccc([N+](=O)[O-])cc1. The molecule has 0 aliphatic carbocycles. The summed E-state index contributed by atoms with van der Waals surface area (Å²) < 4.78 is 1.75. The molecule has 2 amide bonds. The lowest BCUT2D eigenvalue weighted by atomic mass is 10.1. The van der Waals surface area contributed by atoms with Crippen LogP contribution in [-0.4, -0.2) is 30.8 Å². The van der Waals surface area contributed by atoms with E-state index in [1.165, 1.54) is 12.1 Å². The van der Waals surface area contributed by atoms with Gasteiger partial charge in [-0.15, -0.1) is 0 Å². The maximum absolute atomic E-state index is 13.1. The maximum Gasteiger partial charge on any atom is 0.293 e. The molecule has 0 unspecified atom stereocenters. The van der Waals surface area contributed by atoms with E-state index in [-0.39, 0.29) is 12.2 Å². The van der Waals surface area contributed by atoms with Crippen LogP contribution < -0.4 is 0 Å². The van der Waals surface area contributed by atoms with Crippen molar-refractivity contribution in [3.8, 4) is 16.9 Å². The number of carbonyl (C=O) groups excluding carboxylic acids is 2. The summed E-state index contributed by atoms with van der Waals surface area (Å²) in [5.74, 6) is -0.412. The summed E-state index contributed by atoms with van der Waals surface area (Å²) in [6.07, 6.45) is 3.53. The summed E-state index contributed by atoms with van der Waals surface area (Å²) in [4.78, 5) is 37.6. The maximum atomic E-state index is 13.1. The van der Waals surface area contributed by atoms with E-state index in [1.54, 1.807) is 22.9 Å². The van der Waals surface area contributed by atoms with Crippen LogP contribution in [0.5, 0.6) is 0 Å². The highest BCUT2D eigenvalue weighted by Gasteiger charge is 2.35. The Hall–Kier alpha value is -4.50. The normalized spacial score (nSPS) is 14.6. The number of thioether (sulfide) groups is 1. The minimum atomic E-state index is -0.493. The zero-order chi connectivity index (χ0) is 24.4. The number of rotatable bonds is 6. The Morgan fingerprint density at radius 3 is 2.23 bits per heavy atom. The van der Waals surface area contributed by atoms with Crippen LogP contribution >= 0.6 is 11.8 Å². The van der Waals surface area contributed by atoms with Gasteiger partial charge < -0.3 is 0 Å². The molecule has 0 saturated carbocycles. The molecule has 0 bridgehead atoms. The first-order valence-electron chi connectivity index (χ1n) is 10.7. The molecule has 1 aromatic heterocycles. The fourth-order valence-corrected chi connectivity index (χ4v) is 4.54. The first-order chi connectivity index (χ1) is 17.0. The van der Waals surface area contributed by atoms with E-state index in [2.05, 4.69) is 0 Å². The van der Waals surface area contributed by atoms with Gasteiger partial charge in [-0.2, -0.15) is 5.10 Å². The quantitative estimate of drug-likeness (QED) is 0.199. The summed E-state index contributed by atoms with van der Waals surface area (Å²) in [6.45, 7) is 0.0365. The van der Waals surface area contributed by atoms with Crippen LogP contribution in [0.25, 0.3) is 23.0 Å². The fourth-order valence-electron chi connectivity index (χ4n) is 3.71. The van der Waals surface area contributed by atoms with Crippen molar-refractivity contribution < 1.29 is 14.5 Å². The third-order valence-corrected chi connectivity index (χ3v) is 6.37. The van der Waals surface area contributed by atoms with Gasteiger partial charge in [-0.05, 0) is 35.5 Å². The summed E-state index contributed by atoms with van der Waals surface area (Å²) in [5.41, 5.74) is 3.74. The number of hydrogen-bond donors (Lipinski definition) is 0. The summed E-state index contributed by atoms with van der Waals surface area (Å²) in [5, 5.41) is 15.2. The van der Waals surface area contributed by atoms with Crippen molar-refractivity contribution in [2.45, 2.75) is 6.54 Å². The van der Waals surface area contributed by atoms with Crippen LogP contribution in [-0.2, 0) is 11.3 Å². The molecular weight excluding hydrogens is 464 g/mol. The van der Waals surface area contributed by atoms with Crippen LogP contribution in [0.2, 0.25) is 0 Å². The van der Waals surface area contributed by atoms with Crippen LogP contribution in [0.4, 0.5) is 10.5 Å². The Bertz CT molecular complexity index is 1450. The van der Waals surface area contributed by atoms with Crippen molar-refractivity contribution >= 4 is 34.7 Å². The van der Waals surface area contributed by atoms with E-state index < -0.39 is 16.1 Å². The second kappa shape index (κ2) is 9.40. The van der Waals surface area contributed by atoms with E-state index in [0.29, 0.717) is 21.7 Å². The Kier molecular flexibility index (Phi) is 5.99. The second-order valence-corrected chi connectivity index (χ2v) is 8.76. The summed E-state index contributed by atoms with van der Waals surface area (Å²) in [7, 11) is 0. The molecule has 4 aromatic rings. The number of nitro benzene ring substituents is 1. The highest BCUT2D eigenvalue weighted by Crippen LogP contribution is 2.35. The molecule has 1 aliphatic heterocycles. The van der Waals surface area contributed by atoms with Crippen LogP contribution in [0.15, 0.2) is 96.0 Å².